The summed E-state index contributed by atoms with van der Waals surface area (Å²) in [6.45, 7) is 14.2. The number of benzene rings is 3. The smallest absolute Gasteiger partial charge is 0.410 e. The maximum atomic E-state index is 14.5. The number of hydrogen-bond donors (Lipinski definition) is 2. The summed E-state index contributed by atoms with van der Waals surface area (Å²) < 4.78 is 27.1. The van der Waals surface area contributed by atoms with Crippen molar-refractivity contribution >= 4 is 23.6 Å². The van der Waals surface area contributed by atoms with Gasteiger partial charge in [0.1, 0.15) is 24.1 Å². The first-order chi connectivity index (χ1) is 30.1. The van der Waals surface area contributed by atoms with Crippen LogP contribution in [-0.2, 0) is 20.9 Å². The van der Waals surface area contributed by atoms with Crippen LogP contribution in [0.5, 0.6) is 11.5 Å². The lowest BCUT2D eigenvalue weighted by Crippen LogP contribution is -2.70. The van der Waals surface area contributed by atoms with E-state index >= 15 is 0 Å². The zero-order valence-electron chi connectivity index (χ0n) is 37.2. The van der Waals surface area contributed by atoms with Gasteiger partial charge in [-0.3, -0.25) is 4.90 Å². The van der Waals surface area contributed by atoms with E-state index < -0.39 is 23.8 Å². The minimum Gasteiger partial charge on any atom is -0.493 e. The predicted octanol–water partition coefficient (Wildman–Crippen LogP) is 10.6. The average Bonchev–Trinajstić information content (AvgIpc) is 3.27. The highest BCUT2D eigenvalue weighted by Gasteiger charge is 2.65. The molecular weight excluding hydrogens is 801 g/mol. The molecule has 0 aromatic heterocycles. The van der Waals surface area contributed by atoms with Crippen molar-refractivity contribution < 1.29 is 38.8 Å². The molecule has 3 aliphatic rings. The number of carbonyl (C=O) groups is 1. The van der Waals surface area contributed by atoms with Gasteiger partial charge in [0.05, 0.1) is 31.5 Å². The van der Waals surface area contributed by atoms with Crippen molar-refractivity contribution in [1.82, 2.24) is 4.90 Å². The average molecular weight is 869 g/mol. The molecular formula is C51H68N2O8S. The topological polar surface area (TPSA) is 119 Å². The molecule has 6 rings (SSSR count). The number of fused-ring (bicyclic) bond motifs is 2. The van der Waals surface area contributed by atoms with Crippen LogP contribution in [0, 0.1) is 23.2 Å². The summed E-state index contributed by atoms with van der Waals surface area (Å²) in [6, 6.07) is 25.8. The van der Waals surface area contributed by atoms with Gasteiger partial charge in [-0.1, -0.05) is 106 Å². The number of thioether (sulfide) groups is 1. The van der Waals surface area contributed by atoms with Crippen LogP contribution in [0.15, 0.2) is 113 Å². The van der Waals surface area contributed by atoms with E-state index in [1.807, 2.05) is 81.4 Å². The molecule has 3 aromatic carbocycles. The standard InChI is InChI=1S/C51H68N2O8S/c1-6-26-53(49(56)58-36-50(3,4)5)46-34-44(52-60-35-37-18-10-8-11-19-37)42-32-38(20-14-16-27-54)41(23-15-17-28-55)47-43-33-39(57-30-31-62-40-21-12-9-13-22-40)24-25-45(43)61-51(46,48(42)47)59-29-7-2/h7-13,18-19,21-22,24-25,32-33,38,41,46-48,54-55H,2,6,14-17,20,23,26-31,34-36H2,1,3-5H3. The molecule has 0 radical (unpaired) electrons. The minimum absolute atomic E-state index is 0.102. The van der Waals surface area contributed by atoms with E-state index in [9.17, 15) is 15.0 Å². The first-order valence-electron chi connectivity index (χ1n) is 22.6. The third kappa shape index (κ3) is 11.8. The molecule has 0 saturated heterocycles. The number of ether oxygens (including phenoxy) is 4. The molecule has 1 fully saturated rings. The SMILES string of the molecule is C=CCOC12Oc3ccc(OCCSc4ccccc4)cc3C3C(CCCCO)C(CCCCO)C=C(C(=NOCc4ccccc4)CC1N(CCC)C(=O)OCC(C)(C)C)C32. The van der Waals surface area contributed by atoms with Gasteiger partial charge in [0.25, 0.3) is 0 Å². The van der Waals surface area contributed by atoms with Crippen LogP contribution in [0.2, 0.25) is 0 Å². The van der Waals surface area contributed by atoms with Crippen molar-refractivity contribution in [1.29, 1.82) is 0 Å². The van der Waals surface area contributed by atoms with E-state index in [0.29, 0.717) is 44.6 Å². The third-order valence-electron chi connectivity index (χ3n) is 12.0. The molecule has 62 heavy (non-hydrogen) atoms. The summed E-state index contributed by atoms with van der Waals surface area (Å²) in [5.41, 5.74) is 3.52. The Morgan fingerprint density at radius 3 is 2.42 bits per heavy atom. The first-order valence-corrected chi connectivity index (χ1v) is 23.6. The number of carbonyl (C=O) groups excluding carboxylic acids is 1. The van der Waals surface area contributed by atoms with Gasteiger partial charge in [0.2, 0.25) is 5.79 Å². The maximum absolute atomic E-state index is 14.5. The van der Waals surface area contributed by atoms with Crippen molar-refractivity contribution in [2.75, 3.05) is 45.3 Å². The van der Waals surface area contributed by atoms with Crippen LogP contribution < -0.4 is 9.47 Å². The van der Waals surface area contributed by atoms with Gasteiger partial charge >= 0.3 is 6.09 Å². The number of rotatable bonds is 23. The van der Waals surface area contributed by atoms with Gasteiger partial charge in [-0.05, 0) is 90.8 Å². The van der Waals surface area contributed by atoms with E-state index in [1.165, 1.54) is 4.90 Å². The number of aliphatic hydroxyl groups is 2. The van der Waals surface area contributed by atoms with E-state index in [-0.39, 0.29) is 56.2 Å². The molecule has 1 saturated carbocycles. The van der Waals surface area contributed by atoms with Crippen LogP contribution in [0.25, 0.3) is 0 Å². The lowest BCUT2D eigenvalue weighted by molar-refractivity contribution is -0.255. The fourth-order valence-corrected chi connectivity index (χ4v) is 10.1. The van der Waals surface area contributed by atoms with E-state index in [2.05, 4.69) is 37.8 Å². The fraction of sp³-hybridized carbons (Fsp3) is 0.529. The van der Waals surface area contributed by atoms with Crippen molar-refractivity contribution in [3.05, 3.63) is 114 Å². The molecule has 2 N–H and O–H groups in total. The van der Waals surface area contributed by atoms with Crippen molar-refractivity contribution in [3.8, 4) is 11.5 Å². The van der Waals surface area contributed by atoms with E-state index in [0.717, 1.165) is 59.6 Å². The summed E-state index contributed by atoms with van der Waals surface area (Å²) in [5.74, 6) is 0.526. The third-order valence-corrected chi connectivity index (χ3v) is 12.9. The molecule has 1 heterocycles. The molecule has 3 aromatic rings. The van der Waals surface area contributed by atoms with Gasteiger partial charge in [0.15, 0.2) is 0 Å². The summed E-state index contributed by atoms with van der Waals surface area (Å²) in [7, 11) is 0. The molecule has 0 bridgehead atoms. The molecule has 6 atom stereocenters. The van der Waals surface area contributed by atoms with Crippen LogP contribution in [0.4, 0.5) is 4.79 Å². The van der Waals surface area contributed by atoms with E-state index in [1.54, 1.807) is 22.7 Å². The van der Waals surface area contributed by atoms with Crippen molar-refractivity contribution in [2.24, 2.45) is 28.3 Å². The summed E-state index contributed by atoms with van der Waals surface area (Å²) in [5, 5.41) is 24.9. The molecule has 6 unspecified atom stereocenters. The minimum atomic E-state index is -1.36. The first kappa shape index (κ1) is 47.2. The number of unbranched alkanes of at least 4 members (excludes halogenated alkanes) is 2. The highest BCUT2D eigenvalue weighted by Crippen LogP contribution is 2.62. The number of aliphatic hydroxyl groups excluding tert-OH is 2. The zero-order chi connectivity index (χ0) is 44.0. The Hall–Kier alpha value is -4.29. The molecule has 11 heteroatoms. The van der Waals surface area contributed by atoms with Gasteiger partial charge < -0.3 is 34.0 Å². The lowest BCUT2D eigenvalue weighted by atomic mass is 9.55. The number of allylic oxidation sites excluding steroid dienone is 1. The normalized spacial score (nSPS) is 23.4. The Morgan fingerprint density at radius 1 is 1.00 bits per heavy atom. The zero-order valence-corrected chi connectivity index (χ0v) is 38.0. The number of nitrogens with zero attached hydrogens (tertiary/aromatic N) is 2. The van der Waals surface area contributed by atoms with Gasteiger partial charge in [-0.15, -0.1) is 18.3 Å². The van der Waals surface area contributed by atoms with Gasteiger partial charge in [-0.25, -0.2) is 4.79 Å². The summed E-state index contributed by atoms with van der Waals surface area (Å²) in [6.07, 6.45) is 9.45. The second-order valence-corrected chi connectivity index (χ2v) is 19.0. The Morgan fingerprint density at radius 2 is 1.73 bits per heavy atom. The maximum Gasteiger partial charge on any atom is 0.410 e. The lowest BCUT2D eigenvalue weighted by Gasteiger charge is -2.60. The summed E-state index contributed by atoms with van der Waals surface area (Å²) in [4.78, 5) is 23.7. The van der Waals surface area contributed by atoms with Crippen LogP contribution in [0.3, 0.4) is 0 Å². The highest BCUT2D eigenvalue weighted by molar-refractivity contribution is 7.99. The molecule has 2 aliphatic carbocycles. The highest BCUT2D eigenvalue weighted by atomic mass is 32.2. The largest absolute Gasteiger partial charge is 0.493 e. The van der Waals surface area contributed by atoms with Crippen LogP contribution in [-0.4, -0.2) is 84.1 Å². The van der Waals surface area contributed by atoms with E-state index in [4.69, 9.17) is 28.9 Å². The van der Waals surface area contributed by atoms with Crippen LogP contribution in [0.1, 0.15) is 96.1 Å². The molecule has 1 amide bonds. The van der Waals surface area contributed by atoms with Gasteiger partial charge in [0, 0.05) is 48.3 Å². The second-order valence-electron chi connectivity index (χ2n) is 17.9. The molecule has 10 nitrogen and oxygen atoms in total. The quantitative estimate of drug-likeness (QED) is 0.0415. The van der Waals surface area contributed by atoms with Crippen molar-refractivity contribution in [3.63, 3.8) is 0 Å². The van der Waals surface area contributed by atoms with Crippen LogP contribution >= 0.6 is 11.8 Å². The van der Waals surface area contributed by atoms with Crippen molar-refractivity contribution in [2.45, 2.75) is 108 Å². The predicted molar refractivity (Wildman–Crippen MR) is 247 cm³/mol. The molecule has 336 valence electrons. The Balaban J connectivity index is 1.51. The second kappa shape index (κ2) is 22.9. The number of amides is 1. The summed E-state index contributed by atoms with van der Waals surface area (Å²) >= 11 is 1.76. The fourth-order valence-electron chi connectivity index (χ4n) is 9.31. The number of hydrogen-bond acceptors (Lipinski definition) is 10. The monoisotopic (exact) mass is 868 g/mol. The van der Waals surface area contributed by atoms with Gasteiger partial charge in [-0.2, -0.15) is 0 Å². The Kier molecular flexibility index (Phi) is 17.4. The number of oxime groups is 1. The Labute approximate surface area is 373 Å². The molecule has 1 aliphatic heterocycles. The molecule has 0 spiro atoms. The Bertz CT molecular complexity index is 1930.